The highest BCUT2D eigenvalue weighted by Gasteiger charge is 2.19. The largest absolute Gasteiger partial charge is 0.394 e. The first-order valence-corrected chi connectivity index (χ1v) is 9.76. The number of hydrogen-bond acceptors (Lipinski definition) is 5. The summed E-state index contributed by atoms with van der Waals surface area (Å²) in [5.74, 6) is 0.430. The van der Waals surface area contributed by atoms with Gasteiger partial charge in [-0.05, 0) is 30.0 Å². The van der Waals surface area contributed by atoms with E-state index in [-0.39, 0.29) is 29.5 Å². The smallest absolute Gasteiger partial charge is 0.332 e. The van der Waals surface area contributed by atoms with Crippen molar-refractivity contribution in [2.45, 2.75) is 6.54 Å². The zero-order valence-corrected chi connectivity index (χ0v) is 18.4. The number of nitrogens with zero attached hydrogens (tertiary/aromatic N) is 5. The average Bonchev–Trinajstić information content (AvgIpc) is 3.07. The number of imidazole rings is 1. The van der Waals surface area contributed by atoms with Crippen molar-refractivity contribution in [3.63, 3.8) is 0 Å². The summed E-state index contributed by atoms with van der Waals surface area (Å²) in [7, 11) is 4.83. The number of carbonyl (C=O) groups excluding carboxylic acids is 1. The second-order valence-electron chi connectivity index (χ2n) is 6.51. The van der Waals surface area contributed by atoms with Crippen LogP contribution in [0.2, 0.25) is 10.0 Å². The minimum absolute atomic E-state index is 0.00896. The lowest BCUT2D eigenvalue weighted by Crippen LogP contribution is -2.39. The fraction of sp³-hybridized carbons (Fsp3) is 0.211. The summed E-state index contributed by atoms with van der Waals surface area (Å²) in [6.07, 6.45) is 3.47. The minimum Gasteiger partial charge on any atom is -0.394 e. The molecule has 0 fully saturated rings. The van der Waals surface area contributed by atoms with Crippen LogP contribution in [0.25, 0.3) is 11.2 Å². The lowest BCUT2D eigenvalue weighted by Gasteiger charge is -2.09. The van der Waals surface area contributed by atoms with Crippen molar-refractivity contribution in [2.75, 3.05) is 12.4 Å². The molecule has 0 saturated heterocycles. The van der Waals surface area contributed by atoms with Crippen LogP contribution in [0.5, 0.6) is 0 Å². The highest BCUT2D eigenvalue weighted by Crippen LogP contribution is 2.23. The normalized spacial score (nSPS) is 12.0. The summed E-state index contributed by atoms with van der Waals surface area (Å²) in [5, 5.41) is 6.37. The van der Waals surface area contributed by atoms with E-state index in [0.717, 1.165) is 4.57 Å². The van der Waals surface area contributed by atoms with Gasteiger partial charge in [0.15, 0.2) is 11.2 Å². The molecule has 2 aromatic heterocycles. The maximum atomic E-state index is 13.2. The van der Waals surface area contributed by atoms with Gasteiger partial charge in [-0.2, -0.15) is 9.98 Å². The number of anilines is 1. The molecule has 1 aromatic carbocycles. The fourth-order valence-electron chi connectivity index (χ4n) is 2.97. The molecule has 3 aromatic rings. The van der Waals surface area contributed by atoms with E-state index in [9.17, 15) is 14.4 Å². The van der Waals surface area contributed by atoms with E-state index in [2.05, 4.69) is 20.6 Å². The number of carbonyl (C=O) groups is 1. The van der Waals surface area contributed by atoms with Crippen molar-refractivity contribution in [3.8, 4) is 0 Å². The number of amidine groups is 1. The number of aliphatic imine (C=N–C) groups is 1. The predicted octanol–water partition coefficient (Wildman–Crippen LogP) is 1.49. The molecule has 10 nitrogen and oxygen atoms in total. The molecule has 1 amide bonds. The van der Waals surface area contributed by atoms with Gasteiger partial charge in [-0.1, -0.05) is 29.3 Å². The maximum Gasteiger partial charge on any atom is 0.332 e. The van der Waals surface area contributed by atoms with Crippen LogP contribution in [0.15, 0.2) is 45.1 Å². The third kappa shape index (κ3) is 4.39. The van der Waals surface area contributed by atoms with Crippen LogP contribution in [-0.2, 0) is 25.4 Å². The van der Waals surface area contributed by atoms with Gasteiger partial charge < -0.3 is 15.2 Å². The van der Waals surface area contributed by atoms with Gasteiger partial charge >= 0.3 is 5.69 Å². The molecular weight excluding hydrogens is 445 g/mol. The zero-order valence-electron chi connectivity index (χ0n) is 16.9. The fourth-order valence-corrected chi connectivity index (χ4v) is 3.29. The molecule has 2 N–H and O–H groups in total. The first-order chi connectivity index (χ1) is 14.8. The van der Waals surface area contributed by atoms with Crippen LogP contribution < -0.4 is 21.9 Å². The third-order valence-electron chi connectivity index (χ3n) is 4.52. The Labute approximate surface area is 186 Å². The highest BCUT2D eigenvalue weighted by atomic mass is 35.5. The lowest BCUT2D eigenvalue weighted by atomic mass is 10.2. The molecule has 3 rings (SSSR count). The standard InChI is InChI=1S/C19H19Cl2N7O3/c1-22-7-6-14(23-10-29)24-18-25-16-15(26(18)2)17(30)28(19(31)27(16)3)9-11-4-5-12(20)13(21)8-11/h4-8,10,22H,9H2,1-3H3,(H,23,24,25,29)/b7-6-. The van der Waals surface area contributed by atoms with Gasteiger partial charge in [0, 0.05) is 21.1 Å². The number of halogens is 2. The van der Waals surface area contributed by atoms with E-state index < -0.39 is 11.2 Å². The SMILES string of the molecule is CN/C=C\C(=N/C=O)Nc1nc2c(c(=O)n(Cc3ccc(Cl)c(Cl)c3)c(=O)n2C)n1C. The number of aryl methyl sites for hydroxylation is 2. The molecule has 31 heavy (non-hydrogen) atoms. The van der Waals surface area contributed by atoms with E-state index in [1.807, 2.05) is 0 Å². The van der Waals surface area contributed by atoms with Crippen LogP contribution in [-0.4, -0.2) is 38.0 Å². The molecule has 0 aliphatic heterocycles. The quantitative estimate of drug-likeness (QED) is 0.325. The lowest BCUT2D eigenvalue weighted by molar-refractivity contribution is -0.106. The van der Waals surface area contributed by atoms with Crippen LogP contribution in [0.3, 0.4) is 0 Å². The van der Waals surface area contributed by atoms with E-state index in [4.69, 9.17) is 23.2 Å². The Balaban J connectivity index is 2.13. The average molecular weight is 464 g/mol. The number of rotatable bonds is 6. The van der Waals surface area contributed by atoms with Crippen molar-refractivity contribution in [2.24, 2.45) is 19.1 Å². The monoisotopic (exact) mass is 463 g/mol. The van der Waals surface area contributed by atoms with Crippen LogP contribution in [0.1, 0.15) is 5.56 Å². The highest BCUT2D eigenvalue weighted by molar-refractivity contribution is 6.42. The van der Waals surface area contributed by atoms with Crippen molar-refractivity contribution in [1.82, 2.24) is 24.0 Å². The van der Waals surface area contributed by atoms with Crippen molar-refractivity contribution < 1.29 is 4.79 Å². The molecule has 0 saturated carbocycles. The van der Waals surface area contributed by atoms with Crippen molar-refractivity contribution in [1.29, 1.82) is 0 Å². The number of aromatic nitrogens is 4. The first-order valence-electron chi connectivity index (χ1n) is 9.01. The maximum absolute atomic E-state index is 13.2. The number of benzene rings is 1. The van der Waals surface area contributed by atoms with Crippen LogP contribution >= 0.6 is 23.2 Å². The van der Waals surface area contributed by atoms with Gasteiger partial charge in [0.1, 0.15) is 5.84 Å². The Kier molecular flexibility index (Phi) is 6.62. The Morgan fingerprint density at radius 2 is 1.94 bits per heavy atom. The molecule has 0 radical (unpaired) electrons. The van der Waals surface area contributed by atoms with Crippen LogP contribution in [0.4, 0.5) is 5.95 Å². The topological polar surface area (TPSA) is 115 Å². The Bertz CT molecular complexity index is 1330. The van der Waals surface area contributed by atoms with Gasteiger partial charge in [-0.3, -0.25) is 18.7 Å². The second-order valence-corrected chi connectivity index (χ2v) is 7.33. The number of amides is 1. The van der Waals surface area contributed by atoms with E-state index in [1.165, 1.54) is 22.3 Å². The molecule has 0 aliphatic rings. The summed E-state index contributed by atoms with van der Waals surface area (Å²) in [6.45, 7) is 0.00896. The summed E-state index contributed by atoms with van der Waals surface area (Å²) < 4.78 is 3.87. The second kappa shape index (κ2) is 9.19. The van der Waals surface area contributed by atoms with Gasteiger partial charge in [-0.25, -0.2) is 4.79 Å². The Hall–Kier alpha value is -3.37. The number of fused-ring (bicyclic) bond motifs is 1. The number of nitrogens with one attached hydrogen (secondary N) is 2. The molecular formula is C19H19Cl2N7O3. The van der Waals surface area contributed by atoms with Crippen molar-refractivity contribution in [3.05, 3.63) is 66.9 Å². The molecule has 0 atom stereocenters. The third-order valence-corrected chi connectivity index (χ3v) is 5.26. The summed E-state index contributed by atoms with van der Waals surface area (Å²) in [6, 6.07) is 4.90. The van der Waals surface area contributed by atoms with Crippen LogP contribution in [0, 0.1) is 0 Å². The first kappa shape index (κ1) is 22.3. The Morgan fingerprint density at radius 3 is 2.58 bits per heavy atom. The molecule has 12 heteroatoms. The van der Waals surface area contributed by atoms with Gasteiger partial charge in [0.05, 0.1) is 16.6 Å². The van der Waals surface area contributed by atoms with E-state index in [1.54, 1.807) is 38.5 Å². The van der Waals surface area contributed by atoms with E-state index in [0.29, 0.717) is 22.0 Å². The summed E-state index contributed by atoms with van der Waals surface area (Å²) >= 11 is 12.0. The molecule has 0 bridgehead atoms. The minimum atomic E-state index is -0.537. The van der Waals surface area contributed by atoms with Crippen molar-refractivity contribution >= 4 is 52.6 Å². The van der Waals surface area contributed by atoms with Gasteiger partial charge in [0.25, 0.3) is 5.56 Å². The van der Waals surface area contributed by atoms with Gasteiger partial charge in [0.2, 0.25) is 12.4 Å². The molecule has 0 unspecified atom stereocenters. The molecule has 0 spiro atoms. The Morgan fingerprint density at radius 1 is 1.19 bits per heavy atom. The summed E-state index contributed by atoms with van der Waals surface area (Å²) in [5.41, 5.74) is -0.0239. The molecule has 162 valence electrons. The van der Waals surface area contributed by atoms with E-state index >= 15 is 0 Å². The predicted molar refractivity (Wildman–Crippen MR) is 121 cm³/mol. The van der Waals surface area contributed by atoms with Gasteiger partial charge in [-0.15, -0.1) is 0 Å². The molecule has 0 aliphatic carbocycles. The summed E-state index contributed by atoms with van der Waals surface area (Å²) in [4.78, 5) is 44.9. The number of hydrogen-bond donors (Lipinski definition) is 2. The zero-order chi connectivity index (χ0) is 22.7. The molecule has 2 heterocycles.